The average molecular weight is 636 g/mol. The first-order chi connectivity index (χ1) is 20.5. The van der Waals surface area contributed by atoms with Crippen molar-refractivity contribution in [3.8, 4) is 5.75 Å². The van der Waals surface area contributed by atoms with Crippen LogP contribution in [0, 0.1) is 5.92 Å². The molecule has 16 heteroatoms. The number of alkyl halides is 6. The topological polar surface area (TPSA) is 130 Å². The van der Waals surface area contributed by atoms with Crippen LogP contribution in [0.2, 0.25) is 0 Å². The molecule has 2 N–H and O–H groups in total. The highest BCUT2D eigenvalue weighted by atomic mass is 19.4. The fraction of sp³-hybridized carbons (Fsp3) is 0.500. The van der Waals surface area contributed by atoms with Gasteiger partial charge >= 0.3 is 24.3 Å². The summed E-state index contributed by atoms with van der Waals surface area (Å²) in [6, 6.07) is 12.0. The molecule has 1 amide bonds. The number of aliphatic carboxylic acids is 2. The summed E-state index contributed by atoms with van der Waals surface area (Å²) in [5.41, 5.74) is 2.22. The number of likely N-dealkylation sites (tertiary alicyclic amines) is 1. The summed E-state index contributed by atoms with van der Waals surface area (Å²) in [4.78, 5) is 39.1. The minimum atomic E-state index is -5.08. The molecular weight excluding hydrogens is 604 g/mol. The van der Waals surface area contributed by atoms with E-state index < -0.39 is 24.3 Å². The Balaban J connectivity index is 0.000000317. The zero-order valence-corrected chi connectivity index (χ0v) is 23.5. The quantitative estimate of drug-likeness (QED) is 0.472. The maximum atomic E-state index is 12.8. The van der Waals surface area contributed by atoms with E-state index in [2.05, 4.69) is 23.0 Å². The normalized spacial score (nSPS) is 20.2. The summed E-state index contributed by atoms with van der Waals surface area (Å²) in [7, 11) is 2.15. The molecular formula is C28H31F6N3O7. The minimum Gasteiger partial charge on any atom is -0.480 e. The van der Waals surface area contributed by atoms with Crippen LogP contribution in [-0.4, -0.2) is 100 Å². The van der Waals surface area contributed by atoms with Gasteiger partial charge in [0.05, 0.1) is 19.7 Å². The lowest BCUT2D eigenvalue weighted by Crippen LogP contribution is -2.68. The smallest absolute Gasteiger partial charge is 0.480 e. The second-order valence-corrected chi connectivity index (χ2v) is 10.7. The molecule has 3 aliphatic heterocycles. The molecule has 5 rings (SSSR count). The molecule has 1 aromatic carbocycles. The number of pyridine rings is 1. The zero-order valence-electron chi connectivity index (χ0n) is 23.5. The highest BCUT2D eigenvalue weighted by Crippen LogP contribution is 2.38. The van der Waals surface area contributed by atoms with Crippen molar-refractivity contribution in [3.63, 3.8) is 0 Å². The van der Waals surface area contributed by atoms with Gasteiger partial charge in [0.25, 0.3) is 5.91 Å². The van der Waals surface area contributed by atoms with Gasteiger partial charge < -0.3 is 29.5 Å². The van der Waals surface area contributed by atoms with E-state index in [1.807, 2.05) is 47.6 Å². The van der Waals surface area contributed by atoms with Gasteiger partial charge in [-0.05, 0) is 49.1 Å². The third-order valence-electron chi connectivity index (χ3n) is 7.06. The predicted octanol–water partition coefficient (Wildman–Crippen LogP) is 3.79. The van der Waals surface area contributed by atoms with Crippen LogP contribution < -0.4 is 4.74 Å². The minimum absolute atomic E-state index is 0.0961. The Morgan fingerprint density at radius 1 is 1.02 bits per heavy atom. The van der Waals surface area contributed by atoms with Gasteiger partial charge in [-0.15, -0.1) is 0 Å². The molecule has 2 saturated heterocycles. The Labute approximate surface area is 248 Å². The first-order valence-corrected chi connectivity index (χ1v) is 13.3. The van der Waals surface area contributed by atoms with Crippen LogP contribution in [0.3, 0.4) is 0 Å². The van der Waals surface area contributed by atoms with E-state index in [0.29, 0.717) is 25.4 Å². The number of carbonyl (C=O) groups is 3. The van der Waals surface area contributed by atoms with Crippen molar-refractivity contribution < 1.29 is 60.4 Å². The number of carboxylic acids is 2. The van der Waals surface area contributed by atoms with Crippen LogP contribution in [0.4, 0.5) is 26.3 Å². The van der Waals surface area contributed by atoms with Crippen molar-refractivity contribution in [1.29, 1.82) is 0 Å². The van der Waals surface area contributed by atoms with E-state index in [1.165, 1.54) is 5.56 Å². The number of benzene rings is 1. The number of carbonyl (C=O) groups excluding carboxylic acids is 1. The summed E-state index contributed by atoms with van der Waals surface area (Å²) >= 11 is 0. The molecule has 0 radical (unpaired) electrons. The van der Waals surface area contributed by atoms with E-state index in [4.69, 9.17) is 29.3 Å². The number of nitrogens with zero attached hydrogens (tertiary/aromatic N) is 3. The molecule has 1 spiro atoms. The Bertz CT molecular complexity index is 1230. The van der Waals surface area contributed by atoms with E-state index in [9.17, 15) is 31.1 Å². The summed E-state index contributed by atoms with van der Waals surface area (Å²) < 4.78 is 75.6. The fourth-order valence-electron chi connectivity index (χ4n) is 4.95. The molecule has 2 aromatic rings. The van der Waals surface area contributed by atoms with Crippen LogP contribution in [0.1, 0.15) is 24.0 Å². The van der Waals surface area contributed by atoms with E-state index in [-0.39, 0.29) is 17.6 Å². The molecule has 0 bridgehead atoms. The van der Waals surface area contributed by atoms with Crippen LogP contribution in [0.25, 0.3) is 0 Å². The van der Waals surface area contributed by atoms with Gasteiger partial charge in [0, 0.05) is 31.9 Å². The lowest BCUT2D eigenvalue weighted by Gasteiger charge is -2.53. The van der Waals surface area contributed by atoms with Crippen molar-refractivity contribution in [2.75, 3.05) is 33.3 Å². The Kier molecular flexibility index (Phi) is 11.2. The van der Waals surface area contributed by atoms with Crippen LogP contribution in [0.5, 0.6) is 5.75 Å². The highest BCUT2D eigenvalue weighted by molar-refractivity contribution is 5.83. The number of amides is 1. The number of carboxylic acid groups (broad SMARTS) is 2. The lowest BCUT2D eigenvalue weighted by molar-refractivity contribution is -0.193. The summed E-state index contributed by atoms with van der Waals surface area (Å²) in [6.07, 6.45) is -3.97. The van der Waals surface area contributed by atoms with Crippen LogP contribution >= 0.6 is 0 Å². The van der Waals surface area contributed by atoms with Crippen LogP contribution in [0.15, 0.2) is 48.8 Å². The third-order valence-corrected chi connectivity index (χ3v) is 7.06. The van der Waals surface area contributed by atoms with Crippen molar-refractivity contribution in [3.05, 3.63) is 59.9 Å². The van der Waals surface area contributed by atoms with Gasteiger partial charge in [-0.1, -0.05) is 24.3 Å². The number of hydrogen-bond donors (Lipinski definition) is 2. The van der Waals surface area contributed by atoms with Crippen molar-refractivity contribution >= 4 is 17.8 Å². The van der Waals surface area contributed by atoms with Crippen molar-refractivity contribution in [2.24, 2.45) is 5.92 Å². The monoisotopic (exact) mass is 635 g/mol. The standard InChI is InChI=1S/C24H29N3O3.2C2HF3O2/c1-26(13-18-5-4-10-25-12-18)14-19-8-9-24(29-15-19)16-27(17-24)23(28)22-11-20-6-2-3-7-21(20)30-22;2*3-2(4,5)1(6)7/h2-7,10,12,19,22H,8-9,11,13-17H2,1H3;2*(H,6,7). The molecule has 3 aliphatic rings. The molecule has 2 fully saturated rings. The van der Waals surface area contributed by atoms with Gasteiger partial charge in [0.1, 0.15) is 11.4 Å². The maximum Gasteiger partial charge on any atom is 0.490 e. The highest BCUT2D eigenvalue weighted by Gasteiger charge is 2.50. The number of aromatic nitrogens is 1. The van der Waals surface area contributed by atoms with Gasteiger partial charge in [-0.25, -0.2) is 9.59 Å². The molecule has 44 heavy (non-hydrogen) atoms. The number of ether oxygens (including phenoxy) is 2. The second kappa shape index (κ2) is 14.2. The van der Waals surface area contributed by atoms with Gasteiger partial charge in [0.2, 0.25) is 0 Å². The Hall–Kier alpha value is -3.92. The number of rotatable bonds is 5. The Morgan fingerprint density at radius 2 is 1.64 bits per heavy atom. The molecule has 1 aromatic heterocycles. The number of halogens is 6. The predicted molar refractivity (Wildman–Crippen MR) is 141 cm³/mol. The fourth-order valence-corrected chi connectivity index (χ4v) is 4.95. The maximum absolute atomic E-state index is 12.8. The average Bonchev–Trinajstić information content (AvgIpc) is 3.37. The molecule has 0 saturated carbocycles. The molecule has 10 nitrogen and oxygen atoms in total. The van der Waals surface area contributed by atoms with Gasteiger partial charge in [-0.3, -0.25) is 9.78 Å². The molecule has 2 unspecified atom stereocenters. The number of fused-ring (bicyclic) bond motifs is 1. The number of para-hydroxylation sites is 1. The summed E-state index contributed by atoms with van der Waals surface area (Å²) in [5, 5.41) is 14.2. The second-order valence-electron chi connectivity index (χ2n) is 10.7. The molecule has 4 heterocycles. The van der Waals surface area contributed by atoms with E-state index >= 15 is 0 Å². The third kappa shape index (κ3) is 9.80. The van der Waals surface area contributed by atoms with Crippen molar-refractivity contribution in [2.45, 2.75) is 49.9 Å². The largest absolute Gasteiger partial charge is 0.490 e. The molecule has 0 aliphatic carbocycles. The van der Waals surface area contributed by atoms with Gasteiger partial charge in [-0.2, -0.15) is 26.3 Å². The first-order valence-electron chi connectivity index (χ1n) is 13.3. The Morgan fingerprint density at radius 3 is 2.14 bits per heavy atom. The SMILES string of the molecule is CN(Cc1cccnc1)CC1CCC2(CN(C(=O)C3Cc4ccccc4O3)C2)OC1.O=C(O)C(F)(F)F.O=C(O)C(F)(F)F. The lowest BCUT2D eigenvalue weighted by atomic mass is 9.82. The van der Waals surface area contributed by atoms with Gasteiger partial charge in [0.15, 0.2) is 6.10 Å². The van der Waals surface area contributed by atoms with Crippen molar-refractivity contribution in [1.82, 2.24) is 14.8 Å². The van der Waals surface area contributed by atoms with E-state index in [1.54, 1.807) is 0 Å². The van der Waals surface area contributed by atoms with Crippen LogP contribution in [-0.2, 0) is 32.1 Å². The molecule has 2 atom stereocenters. The summed E-state index contributed by atoms with van der Waals surface area (Å²) in [6.45, 7) is 4.08. The first kappa shape index (κ1) is 34.6. The zero-order chi connectivity index (χ0) is 32.7. The summed E-state index contributed by atoms with van der Waals surface area (Å²) in [5.74, 6) is -4.04. The van der Waals surface area contributed by atoms with E-state index in [0.717, 1.165) is 43.9 Å². The molecule has 242 valence electrons. The number of hydrogen-bond acceptors (Lipinski definition) is 7.